The number of hydrogen-bond donors (Lipinski definition) is 0. The maximum atomic E-state index is 13.1. The summed E-state index contributed by atoms with van der Waals surface area (Å²) in [6.45, 7) is 1.95. The van der Waals surface area contributed by atoms with Gasteiger partial charge >= 0.3 is 6.18 Å². The van der Waals surface area contributed by atoms with Crippen molar-refractivity contribution >= 4 is 5.97 Å². The molecule has 0 aliphatic rings. The molecule has 0 bridgehead atoms. The molecular formula is C21H17F3NO2-. The molecule has 27 heavy (non-hydrogen) atoms. The molecule has 1 aromatic heterocycles. The van der Waals surface area contributed by atoms with Crippen LogP contribution in [0.4, 0.5) is 13.2 Å². The minimum atomic E-state index is -4.46. The van der Waals surface area contributed by atoms with Crippen LogP contribution in [0.25, 0.3) is 16.9 Å². The first kappa shape index (κ1) is 18.8. The van der Waals surface area contributed by atoms with Gasteiger partial charge in [0.2, 0.25) is 0 Å². The van der Waals surface area contributed by atoms with Gasteiger partial charge in [0.05, 0.1) is 11.3 Å². The smallest absolute Gasteiger partial charge is 0.416 e. The summed E-state index contributed by atoms with van der Waals surface area (Å²) < 4.78 is 41.1. The molecule has 0 fully saturated rings. The van der Waals surface area contributed by atoms with Crippen molar-refractivity contribution in [3.63, 3.8) is 0 Å². The maximum absolute atomic E-state index is 13.1. The van der Waals surface area contributed by atoms with E-state index >= 15 is 0 Å². The third-order valence-electron chi connectivity index (χ3n) is 4.33. The molecule has 3 nitrogen and oxygen atoms in total. The molecule has 3 aromatic rings. The van der Waals surface area contributed by atoms with Crippen LogP contribution >= 0.6 is 0 Å². The lowest BCUT2D eigenvalue weighted by molar-refractivity contribution is -0.305. The summed E-state index contributed by atoms with van der Waals surface area (Å²) in [4.78, 5) is 10.9. The number of rotatable bonds is 5. The number of halogens is 3. The molecule has 3 rings (SSSR count). The van der Waals surface area contributed by atoms with E-state index in [-0.39, 0.29) is 12.8 Å². The van der Waals surface area contributed by atoms with E-state index in [1.165, 1.54) is 6.07 Å². The van der Waals surface area contributed by atoms with Gasteiger partial charge < -0.3 is 14.5 Å². The zero-order chi connectivity index (χ0) is 19.6. The number of alkyl halides is 3. The number of aliphatic carboxylic acids is 1. The van der Waals surface area contributed by atoms with E-state index in [1.807, 2.05) is 31.2 Å². The van der Waals surface area contributed by atoms with Crippen LogP contribution in [0.1, 0.15) is 23.2 Å². The lowest BCUT2D eigenvalue weighted by atomic mass is 10.1. The first-order chi connectivity index (χ1) is 12.8. The van der Waals surface area contributed by atoms with Gasteiger partial charge in [-0.25, -0.2) is 0 Å². The van der Waals surface area contributed by atoms with Gasteiger partial charge in [0.1, 0.15) is 0 Å². The molecule has 0 radical (unpaired) electrons. The van der Waals surface area contributed by atoms with E-state index in [1.54, 1.807) is 22.8 Å². The first-order valence-electron chi connectivity index (χ1n) is 8.41. The number of carboxylic acids is 1. The number of benzene rings is 2. The molecular weight excluding hydrogens is 355 g/mol. The van der Waals surface area contributed by atoms with Crippen molar-refractivity contribution in [1.82, 2.24) is 4.57 Å². The summed E-state index contributed by atoms with van der Waals surface area (Å²) >= 11 is 0. The molecule has 0 amide bonds. The zero-order valence-electron chi connectivity index (χ0n) is 14.6. The van der Waals surface area contributed by atoms with E-state index < -0.39 is 17.7 Å². The summed E-state index contributed by atoms with van der Waals surface area (Å²) in [6, 6.07) is 16.1. The van der Waals surface area contributed by atoms with Crippen molar-refractivity contribution in [3.05, 3.63) is 77.5 Å². The second-order valence-electron chi connectivity index (χ2n) is 6.33. The SMILES string of the molecule is Cc1ccc(-c2ccc(CCC(=O)[O-])n2-c2cccc(C(F)(F)F)c2)cc1. The average molecular weight is 372 g/mol. The predicted octanol–water partition coefficient (Wildman–Crippen LogP) is 4.15. The molecule has 0 unspecified atom stereocenters. The normalized spacial score (nSPS) is 11.6. The lowest BCUT2D eigenvalue weighted by Crippen LogP contribution is -2.22. The molecule has 1 heterocycles. The van der Waals surface area contributed by atoms with Crippen molar-refractivity contribution in [3.8, 4) is 16.9 Å². The van der Waals surface area contributed by atoms with Gasteiger partial charge in [-0.3, -0.25) is 0 Å². The van der Waals surface area contributed by atoms with Crippen molar-refractivity contribution in [2.75, 3.05) is 0 Å². The average Bonchev–Trinajstić information content (AvgIpc) is 3.04. The van der Waals surface area contributed by atoms with E-state index in [9.17, 15) is 23.1 Å². The van der Waals surface area contributed by atoms with Crippen LogP contribution in [-0.2, 0) is 17.4 Å². The fourth-order valence-corrected chi connectivity index (χ4v) is 2.98. The summed E-state index contributed by atoms with van der Waals surface area (Å²) in [5, 5.41) is 10.9. The number of aromatic nitrogens is 1. The van der Waals surface area contributed by atoms with Gasteiger partial charge in [0.15, 0.2) is 0 Å². The van der Waals surface area contributed by atoms with Crippen LogP contribution in [0.15, 0.2) is 60.7 Å². The highest BCUT2D eigenvalue weighted by Crippen LogP contribution is 2.33. The van der Waals surface area contributed by atoms with Crippen LogP contribution < -0.4 is 5.11 Å². The minimum Gasteiger partial charge on any atom is -0.550 e. The molecule has 0 saturated heterocycles. The number of aryl methyl sites for hydroxylation is 2. The van der Waals surface area contributed by atoms with Gasteiger partial charge in [-0.05, 0) is 55.7 Å². The quantitative estimate of drug-likeness (QED) is 0.675. The Balaban J connectivity index is 2.14. The molecule has 0 N–H and O–H groups in total. The highest BCUT2D eigenvalue weighted by Gasteiger charge is 2.30. The topological polar surface area (TPSA) is 45.1 Å². The third kappa shape index (κ3) is 4.22. The van der Waals surface area contributed by atoms with E-state index in [0.717, 1.165) is 23.3 Å². The summed E-state index contributed by atoms with van der Waals surface area (Å²) in [5.74, 6) is -1.20. The Morgan fingerprint density at radius 2 is 1.74 bits per heavy atom. The van der Waals surface area contributed by atoms with Crippen LogP contribution in [-0.4, -0.2) is 10.5 Å². The molecule has 0 aliphatic carbocycles. The Bertz CT molecular complexity index is 956. The highest BCUT2D eigenvalue weighted by molar-refractivity contribution is 5.67. The van der Waals surface area contributed by atoms with Crippen molar-refractivity contribution in [1.29, 1.82) is 0 Å². The monoisotopic (exact) mass is 372 g/mol. The van der Waals surface area contributed by atoms with Gasteiger partial charge in [0, 0.05) is 17.4 Å². The van der Waals surface area contributed by atoms with Gasteiger partial charge in [0.25, 0.3) is 0 Å². The fourth-order valence-electron chi connectivity index (χ4n) is 2.98. The minimum absolute atomic E-state index is 0.157. The van der Waals surface area contributed by atoms with Gasteiger partial charge in [-0.15, -0.1) is 0 Å². The standard InChI is InChI=1S/C21H18F3NO2/c1-14-5-7-15(8-6-14)19-11-9-17(10-12-20(26)27)25(19)18-4-2-3-16(13-18)21(22,23)24/h2-9,11,13H,10,12H2,1H3,(H,26,27)/p-1. The Kier molecular flexibility index (Phi) is 5.08. The Morgan fingerprint density at radius 1 is 1.04 bits per heavy atom. The number of hydrogen-bond acceptors (Lipinski definition) is 2. The Hall–Kier alpha value is -3.02. The molecule has 140 valence electrons. The molecule has 0 atom stereocenters. The van der Waals surface area contributed by atoms with Crippen LogP contribution in [0.5, 0.6) is 0 Å². The second kappa shape index (κ2) is 7.31. The van der Waals surface area contributed by atoms with E-state index in [2.05, 4.69) is 0 Å². The first-order valence-corrected chi connectivity index (χ1v) is 8.41. The number of carboxylic acid groups (broad SMARTS) is 1. The van der Waals surface area contributed by atoms with Crippen molar-refractivity contribution in [2.24, 2.45) is 0 Å². The second-order valence-corrected chi connectivity index (χ2v) is 6.33. The molecule has 0 saturated carbocycles. The van der Waals surface area contributed by atoms with Gasteiger partial charge in [-0.1, -0.05) is 35.9 Å². The molecule has 0 spiro atoms. The zero-order valence-corrected chi connectivity index (χ0v) is 14.6. The van der Waals surface area contributed by atoms with Crippen LogP contribution in [0.3, 0.4) is 0 Å². The summed E-state index contributed by atoms with van der Waals surface area (Å²) in [7, 11) is 0. The largest absolute Gasteiger partial charge is 0.550 e. The molecule has 2 aromatic carbocycles. The third-order valence-corrected chi connectivity index (χ3v) is 4.33. The van der Waals surface area contributed by atoms with E-state index in [0.29, 0.717) is 17.1 Å². The van der Waals surface area contributed by atoms with E-state index in [4.69, 9.17) is 0 Å². The lowest BCUT2D eigenvalue weighted by Gasteiger charge is -2.16. The number of nitrogens with zero attached hydrogens (tertiary/aromatic N) is 1. The van der Waals surface area contributed by atoms with Crippen LogP contribution in [0, 0.1) is 6.92 Å². The molecule has 6 heteroatoms. The number of carbonyl (C=O) groups is 1. The summed E-state index contributed by atoms with van der Waals surface area (Å²) in [5.41, 5.74) is 2.77. The van der Waals surface area contributed by atoms with Crippen molar-refractivity contribution in [2.45, 2.75) is 25.9 Å². The van der Waals surface area contributed by atoms with Crippen LogP contribution in [0.2, 0.25) is 0 Å². The van der Waals surface area contributed by atoms with Crippen molar-refractivity contribution < 1.29 is 23.1 Å². The predicted molar refractivity (Wildman–Crippen MR) is 94.3 cm³/mol. The molecule has 0 aliphatic heterocycles. The Morgan fingerprint density at radius 3 is 2.37 bits per heavy atom. The highest BCUT2D eigenvalue weighted by atomic mass is 19.4. The maximum Gasteiger partial charge on any atom is 0.416 e. The van der Waals surface area contributed by atoms with Gasteiger partial charge in [-0.2, -0.15) is 13.2 Å². The Labute approximate surface area is 154 Å². The fraction of sp³-hybridized carbons (Fsp3) is 0.190. The summed E-state index contributed by atoms with van der Waals surface area (Å²) in [6.07, 6.45) is -4.51. The number of carbonyl (C=O) groups excluding carboxylic acids is 1.